The lowest BCUT2D eigenvalue weighted by Crippen LogP contribution is -1.95. The SMILES string of the molecule is Cc1cc(Cc2ccc(N)c(C)c2)ccc1N.N. The molecule has 0 saturated heterocycles. The molecule has 0 aliphatic heterocycles. The maximum Gasteiger partial charge on any atom is 0.0343 e. The third-order valence-corrected chi connectivity index (χ3v) is 3.08. The van der Waals surface area contributed by atoms with Crippen LogP contribution in [-0.4, -0.2) is 0 Å². The lowest BCUT2D eigenvalue weighted by molar-refractivity contribution is 1.17. The topological polar surface area (TPSA) is 87.0 Å². The molecule has 0 aromatic heterocycles. The molecule has 3 nitrogen and oxygen atoms in total. The predicted molar refractivity (Wildman–Crippen MR) is 79.0 cm³/mol. The van der Waals surface area contributed by atoms with Crippen LogP contribution in [0.2, 0.25) is 0 Å². The molecule has 18 heavy (non-hydrogen) atoms. The minimum absolute atomic E-state index is 0. The molecule has 0 aliphatic carbocycles. The summed E-state index contributed by atoms with van der Waals surface area (Å²) in [5, 5.41) is 0. The average Bonchev–Trinajstić information content (AvgIpc) is 2.29. The molecule has 0 atom stereocenters. The van der Waals surface area contributed by atoms with Gasteiger partial charge in [0, 0.05) is 11.4 Å². The Morgan fingerprint density at radius 2 is 1.17 bits per heavy atom. The van der Waals surface area contributed by atoms with Crippen LogP contribution < -0.4 is 17.6 Å². The van der Waals surface area contributed by atoms with Crippen LogP contribution in [0.4, 0.5) is 11.4 Å². The summed E-state index contributed by atoms with van der Waals surface area (Å²) in [6.07, 6.45) is 0.919. The van der Waals surface area contributed by atoms with E-state index in [-0.39, 0.29) is 6.15 Å². The highest BCUT2D eigenvalue weighted by Crippen LogP contribution is 2.18. The zero-order valence-corrected chi connectivity index (χ0v) is 11.0. The summed E-state index contributed by atoms with van der Waals surface area (Å²) in [6, 6.07) is 12.4. The van der Waals surface area contributed by atoms with Crippen molar-refractivity contribution in [3.8, 4) is 0 Å². The van der Waals surface area contributed by atoms with E-state index in [0.717, 1.165) is 28.9 Å². The largest absolute Gasteiger partial charge is 0.399 e. The Labute approximate surface area is 108 Å². The van der Waals surface area contributed by atoms with E-state index < -0.39 is 0 Å². The van der Waals surface area contributed by atoms with Gasteiger partial charge in [0.1, 0.15) is 0 Å². The Balaban J connectivity index is 0.00000162. The van der Waals surface area contributed by atoms with Crippen molar-refractivity contribution in [1.82, 2.24) is 6.15 Å². The first-order valence-corrected chi connectivity index (χ1v) is 5.76. The summed E-state index contributed by atoms with van der Waals surface area (Å²) < 4.78 is 0. The number of nitrogen functional groups attached to an aromatic ring is 2. The van der Waals surface area contributed by atoms with E-state index in [1.807, 2.05) is 26.0 Å². The van der Waals surface area contributed by atoms with Gasteiger partial charge in [0.05, 0.1) is 0 Å². The molecule has 0 bridgehead atoms. The molecule has 0 radical (unpaired) electrons. The number of hydrogen-bond acceptors (Lipinski definition) is 3. The number of nitrogens with two attached hydrogens (primary N) is 2. The molecular weight excluding hydrogens is 222 g/mol. The molecule has 0 aliphatic rings. The summed E-state index contributed by atoms with van der Waals surface area (Å²) in [6.45, 7) is 4.07. The van der Waals surface area contributed by atoms with Gasteiger partial charge in [0.15, 0.2) is 0 Å². The zero-order valence-electron chi connectivity index (χ0n) is 11.0. The van der Waals surface area contributed by atoms with Gasteiger partial charge in [0.25, 0.3) is 0 Å². The fourth-order valence-corrected chi connectivity index (χ4v) is 1.93. The number of anilines is 2. The van der Waals surface area contributed by atoms with E-state index in [0.29, 0.717) is 0 Å². The third-order valence-electron chi connectivity index (χ3n) is 3.08. The molecule has 96 valence electrons. The van der Waals surface area contributed by atoms with Gasteiger partial charge in [-0.15, -0.1) is 0 Å². The molecule has 0 saturated carbocycles. The van der Waals surface area contributed by atoms with Gasteiger partial charge in [-0.2, -0.15) is 0 Å². The van der Waals surface area contributed by atoms with Crippen molar-refractivity contribution in [2.75, 3.05) is 11.5 Å². The first kappa shape index (κ1) is 14.1. The number of hydrogen-bond donors (Lipinski definition) is 3. The van der Waals surface area contributed by atoms with E-state index in [1.165, 1.54) is 11.1 Å². The van der Waals surface area contributed by atoms with Crippen molar-refractivity contribution >= 4 is 11.4 Å². The fraction of sp³-hybridized carbons (Fsp3) is 0.200. The first-order chi connectivity index (χ1) is 8.06. The Morgan fingerprint density at radius 1 is 0.778 bits per heavy atom. The molecule has 0 unspecified atom stereocenters. The second-order valence-corrected chi connectivity index (χ2v) is 4.56. The van der Waals surface area contributed by atoms with Crippen LogP contribution in [0.3, 0.4) is 0 Å². The van der Waals surface area contributed by atoms with Crippen LogP contribution in [0.5, 0.6) is 0 Å². The fourth-order valence-electron chi connectivity index (χ4n) is 1.93. The van der Waals surface area contributed by atoms with E-state index in [4.69, 9.17) is 11.5 Å². The van der Waals surface area contributed by atoms with E-state index >= 15 is 0 Å². The third kappa shape index (κ3) is 3.02. The molecule has 0 spiro atoms. The molecule has 0 amide bonds. The highest BCUT2D eigenvalue weighted by molar-refractivity contribution is 5.50. The highest BCUT2D eigenvalue weighted by atomic mass is 14.6. The quantitative estimate of drug-likeness (QED) is 0.708. The molecule has 2 aromatic carbocycles. The monoisotopic (exact) mass is 243 g/mol. The van der Waals surface area contributed by atoms with Crippen molar-refractivity contribution in [2.45, 2.75) is 20.3 Å². The van der Waals surface area contributed by atoms with E-state index in [2.05, 4.69) is 24.3 Å². The number of benzene rings is 2. The first-order valence-electron chi connectivity index (χ1n) is 5.76. The Bertz CT molecular complexity index is 498. The Kier molecular flexibility index (Phi) is 4.34. The minimum Gasteiger partial charge on any atom is -0.399 e. The van der Waals surface area contributed by atoms with Crippen molar-refractivity contribution in [3.63, 3.8) is 0 Å². The molecule has 3 heteroatoms. The maximum atomic E-state index is 5.81. The summed E-state index contributed by atoms with van der Waals surface area (Å²) in [4.78, 5) is 0. The Hall–Kier alpha value is -2.00. The zero-order chi connectivity index (χ0) is 12.4. The standard InChI is InChI=1S/C15H18N2.H3N/c1-10-7-12(3-5-14(10)16)9-13-4-6-15(17)11(2)8-13;/h3-8H,9,16-17H2,1-2H3;1H3. The average molecular weight is 243 g/mol. The van der Waals surface area contributed by atoms with Crippen molar-refractivity contribution in [1.29, 1.82) is 0 Å². The molecule has 0 fully saturated rings. The van der Waals surface area contributed by atoms with Crippen LogP contribution >= 0.6 is 0 Å². The van der Waals surface area contributed by atoms with Gasteiger partial charge in [-0.25, -0.2) is 0 Å². The molecule has 2 aromatic rings. The van der Waals surface area contributed by atoms with Crippen LogP contribution in [0.1, 0.15) is 22.3 Å². The molecule has 0 heterocycles. The lowest BCUT2D eigenvalue weighted by Gasteiger charge is -2.07. The maximum absolute atomic E-state index is 5.81. The Morgan fingerprint density at radius 3 is 1.50 bits per heavy atom. The predicted octanol–water partition coefficient (Wildman–Crippen LogP) is 3.22. The molecular formula is C15H21N3. The summed E-state index contributed by atoms with van der Waals surface area (Å²) in [5.41, 5.74) is 18.1. The summed E-state index contributed by atoms with van der Waals surface area (Å²) in [7, 11) is 0. The van der Waals surface area contributed by atoms with Gasteiger partial charge >= 0.3 is 0 Å². The number of aryl methyl sites for hydroxylation is 2. The minimum atomic E-state index is 0. The second kappa shape index (κ2) is 5.56. The van der Waals surface area contributed by atoms with Crippen molar-refractivity contribution < 1.29 is 0 Å². The van der Waals surface area contributed by atoms with Crippen LogP contribution in [0.15, 0.2) is 36.4 Å². The second-order valence-electron chi connectivity index (χ2n) is 4.56. The van der Waals surface area contributed by atoms with E-state index in [1.54, 1.807) is 0 Å². The van der Waals surface area contributed by atoms with Gasteiger partial charge in [-0.05, 0) is 54.7 Å². The van der Waals surface area contributed by atoms with E-state index in [9.17, 15) is 0 Å². The number of rotatable bonds is 2. The van der Waals surface area contributed by atoms with Crippen LogP contribution in [-0.2, 0) is 6.42 Å². The van der Waals surface area contributed by atoms with Gasteiger partial charge in [0.2, 0.25) is 0 Å². The van der Waals surface area contributed by atoms with Crippen LogP contribution in [0, 0.1) is 13.8 Å². The lowest BCUT2D eigenvalue weighted by atomic mass is 10.0. The van der Waals surface area contributed by atoms with Gasteiger partial charge in [-0.1, -0.05) is 24.3 Å². The normalized spacial score (nSPS) is 9.89. The van der Waals surface area contributed by atoms with Crippen LogP contribution in [0.25, 0.3) is 0 Å². The summed E-state index contributed by atoms with van der Waals surface area (Å²) >= 11 is 0. The van der Waals surface area contributed by atoms with Crippen molar-refractivity contribution in [3.05, 3.63) is 58.7 Å². The molecule has 7 N–H and O–H groups in total. The summed E-state index contributed by atoms with van der Waals surface area (Å²) in [5.74, 6) is 0. The molecule has 2 rings (SSSR count). The van der Waals surface area contributed by atoms with Crippen molar-refractivity contribution in [2.24, 2.45) is 0 Å². The smallest absolute Gasteiger partial charge is 0.0343 e. The van der Waals surface area contributed by atoms with Gasteiger partial charge in [-0.3, -0.25) is 0 Å². The highest BCUT2D eigenvalue weighted by Gasteiger charge is 2.01. The van der Waals surface area contributed by atoms with Gasteiger partial charge < -0.3 is 17.6 Å².